The van der Waals surface area contributed by atoms with Crippen molar-refractivity contribution in [3.8, 4) is 16.9 Å². The average molecular weight is 483 g/mol. The third-order valence-electron chi connectivity index (χ3n) is 5.96. The maximum absolute atomic E-state index is 13.3. The van der Waals surface area contributed by atoms with Crippen molar-refractivity contribution in [2.45, 2.75) is 6.42 Å². The zero-order valence-corrected chi connectivity index (χ0v) is 20.1. The largest absolute Gasteiger partial charge is 0.341 e. The summed E-state index contributed by atoms with van der Waals surface area (Å²) in [7, 11) is 0. The highest BCUT2D eigenvalue weighted by atomic mass is 32.2. The van der Waals surface area contributed by atoms with Crippen LogP contribution in [0, 0.1) is 0 Å². The van der Waals surface area contributed by atoms with Gasteiger partial charge in [-0.25, -0.2) is 4.68 Å². The fourth-order valence-corrected chi connectivity index (χ4v) is 4.97. The summed E-state index contributed by atoms with van der Waals surface area (Å²) in [6.07, 6.45) is 2.14. The Hall–Kier alpha value is -3.84. The molecule has 1 aliphatic heterocycles. The summed E-state index contributed by atoms with van der Waals surface area (Å²) in [6.45, 7) is 1.64. The minimum absolute atomic E-state index is 0.155. The maximum Gasteiger partial charge on any atom is 0.259 e. The van der Waals surface area contributed by atoms with Gasteiger partial charge in [0.1, 0.15) is 5.69 Å². The Morgan fingerprint density at radius 2 is 1.51 bits per heavy atom. The van der Waals surface area contributed by atoms with Crippen LogP contribution < -0.4 is 5.32 Å². The van der Waals surface area contributed by atoms with Crippen molar-refractivity contribution in [3.05, 3.63) is 102 Å². The molecule has 3 aromatic carbocycles. The van der Waals surface area contributed by atoms with E-state index < -0.39 is 0 Å². The number of hydrogen-bond acceptors (Lipinski definition) is 4. The maximum atomic E-state index is 13.3. The van der Waals surface area contributed by atoms with Crippen molar-refractivity contribution in [1.29, 1.82) is 0 Å². The van der Waals surface area contributed by atoms with Gasteiger partial charge in [-0.1, -0.05) is 60.7 Å². The Labute approximate surface area is 209 Å². The number of para-hydroxylation sites is 1. The molecule has 2 heterocycles. The molecule has 0 spiro atoms. The van der Waals surface area contributed by atoms with E-state index in [1.807, 2.05) is 102 Å². The normalized spacial score (nSPS) is 13.4. The van der Waals surface area contributed by atoms with E-state index in [2.05, 4.69) is 5.32 Å². The van der Waals surface area contributed by atoms with Gasteiger partial charge in [-0.2, -0.15) is 16.9 Å². The third kappa shape index (κ3) is 5.46. The first-order valence-electron chi connectivity index (χ1n) is 11.6. The van der Waals surface area contributed by atoms with Crippen molar-refractivity contribution in [2.75, 3.05) is 29.9 Å². The first-order chi connectivity index (χ1) is 17.2. The number of carbonyl (C=O) groups is 2. The van der Waals surface area contributed by atoms with Gasteiger partial charge in [0.15, 0.2) is 0 Å². The van der Waals surface area contributed by atoms with Gasteiger partial charge in [-0.3, -0.25) is 9.59 Å². The highest BCUT2D eigenvalue weighted by Gasteiger charge is 2.20. The van der Waals surface area contributed by atoms with Crippen LogP contribution in [0.15, 0.2) is 91.1 Å². The smallest absolute Gasteiger partial charge is 0.259 e. The van der Waals surface area contributed by atoms with Crippen molar-refractivity contribution in [1.82, 2.24) is 14.7 Å². The molecule has 5 rings (SSSR count). The van der Waals surface area contributed by atoms with Crippen molar-refractivity contribution < 1.29 is 9.59 Å². The fraction of sp³-hybridized carbons (Fsp3) is 0.179. The lowest BCUT2D eigenvalue weighted by molar-refractivity contribution is -0.130. The van der Waals surface area contributed by atoms with Gasteiger partial charge >= 0.3 is 0 Å². The number of aromatic nitrogens is 2. The Kier molecular flexibility index (Phi) is 6.95. The zero-order valence-electron chi connectivity index (χ0n) is 19.3. The van der Waals surface area contributed by atoms with Crippen LogP contribution in [0.25, 0.3) is 16.9 Å². The molecular formula is C28H26N4O2S. The Balaban J connectivity index is 1.33. The van der Waals surface area contributed by atoms with Crippen molar-refractivity contribution in [2.24, 2.45) is 0 Å². The molecule has 1 aromatic heterocycles. The van der Waals surface area contributed by atoms with E-state index in [0.717, 1.165) is 41.4 Å². The molecule has 4 aromatic rings. The zero-order chi connectivity index (χ0) is 24.0. The van der Waals surface area contributed by atoms with Crippen LogP contribution in [0.5, 0.6) is 0 Å². The Morgan fingerprint density at radius 1 is 0.857 bits per heavy atom. The molecule has 1 saturated heterocycles. The van der Waals surface area contributed by atoms with E-state index in [-0.39, 0.29) is 11.8 Å². The van der Waals surface area contributed by atoms with Gasteiger partial charge in [0.2, 0.25) is 5.91 Å². The lowest BCUT2D eigenvalue weighted by Crippen LogP contribution is -2.38. The summed E-state index contributed by atoms with van der Waals surface area (Å²) in [5.74, 6) is 1.93. The number of rotatable bonds is 6. The second-order valence-corrected chi connectivity index (χ2v) is 9.58. The number of carbonyl (C=O) groups excluding carboxylic acids is 2. The Bertz CT molecular complexity index is 1300. The first-order valence-corrected chi connectivity index (χ1v) is 12.8. The van der Waals surface area contributed by atoms with Gasteiger partial charge in [0.05, 0.1) is 17.7 Å². The predicted molar refractivity (Wildman–Crippen MR) is 141 cm³/mol. The van der Waals surface area contributed by atoms with Gasteiger partial charge in [-0.05, 0) is 29.8 Å². The molecule has 0 radical (unpaired) electrons. The monoisotopic (exact) mass is 482 g/mol. The van der Waals surface area contributed by atoms with Gasteiger partial charge in [0, 0.05) is 42.0 Å². The van der Waals surface area contributed by atoms with E-state index in [1.54, 1.807) is 10.9 Å². The van der Waals surface area contributed by atoms with E-state index in [0.29, 0.717) is 23.4 Å². The second kappa shape index (κ2) is 10.6. The van der Waals surface area contributed by atoms with Crippen LogP contribution in [-0.4, -0.2) is 51.1 Å². The quantitative estimate of drug-likeness (QED) is 0.424. The van der Waals surface area contributed by atoms with Crippen LogP contribution >= 0.6 is 11.8 Å². The second-order valence-electron chi connectivity index (χ2n) is 8.36. The summed E-state index contributed by atoms with van der Waals surface area (Å²) >= 11 is 1.89. The van der Waals surface area contributed by atoms with Gasteiger partial charge in [-0.15, -0.1) is 0 Å². The molecule has 0 aliphatic carbocycles. The molecule has 35 heavy (non-hydrogen) atoms. The minimum Gasteiger partial charge on any atom is -0.341 e. The van der Waals surface area contributed by atoms with Gasteiger partial charge < -0.3 is 10.2 Å². The molecule has 6 nitrogen and oxygen atoms in total. The standard InChI is InChI=1S/C28H26N4O2S/c33-26(31-15-17-35-18-16-31)19-21-11-13-23(14-12-21)29-28(34)25-20-32(24-9-5-2-6-10-24)30-27(25)22-7-3-1-4-8-22/h1-14,20H,15-19H2,(H,29,34). The SMILES string of the molecule is O=C(Nc1ccc(CC(=O)N2CCSCC2)cc1)c1cn(-c2ccccc2)nc1-c1ccccc1. The fourth-order valence-electron chi connectivity index (χ4n) is 4.07. The summed E-state index contributed by atoms with van der Waals surface area (Å²) in [5, 5.41) is 7.70. The van der Waals surface area contributed by atoms with E-state index in [4.69, 9.17) is 5.10 Å². The first kappa shape index (κ1) is 22.9. The van der Waals surface area contributed by atoms with Crippen LogP contribution in [0.1, 0.15) is 15.9 Å². The summed E-state index contributed by atoms with van der Waals surface area (Å²) in [6, 6.07) is 26.9. The van der Waals surface area contributed by atoms with Gasteiger partial charge in [0.25, 0.3) is 5.91 Å². The third-order valence-corrected chi connectivity index (χ3v) is 6.90. The molecule has 2 amide bonds. The van der Waals surface area contributed by atoms with Crippen LogP contribution in [0.4, 0.5) is 5.69 Å². The summed E-state index contributed by atoms with van der Waals surface area (Å²) < 4.78 is 1.73. The molecule has 1 N–H and O–H groups in total. The van der Waals surface area contributed by atoms with E-state index in [1.165, 1.54) is 0 Å². The van der Waals surface area contributed by atoms with E-state index >= 15 is 0 Å². The highest BCUT2D eigenvalue weighted by Crippen LogP contribution is 2.25. The molecular weight excluding hydrogens is 456 g/mol. The molecule has 0 saturated carbocycles. The van der Waals surface area contributed by atoms with Crippen LogP contribution in [-0.2, 0) is 11.2 Å². The number of hydrogen-bond donors (Lipinski definition) is 1. The molecule has 0 unspecified atom stereocenters. The topological polar surface area (TPSA) is 67.2 Å². The lowest BCUT2D eigenvalue weighted by atomic mass is 10.1. The van der Waals surface area contributed by atoms with E-state index in [9.17, 15) is 9.59 Å². The molecule has 176 valence electrons. The summed E-state index contributed by atoms with van der Waals surface area (Å²) in [4.78, 5) is 27.8. The van der Waals surface area contributed by atoms with Crippen molar-refractivity contribution in [3.63, 3.8) is 0 Å². The Morgan fingerprint density at radius 3 is 2.20 bits per heavy atom. The number of anilines is 1. The number of nitrogens with zero attached hydrogens (tertiary/aromatic N) is 3. The molecule has 1 aliphatic rings. The molecule has 0 bridgehead atoms. The molecule has 1 fully saturated rings. The van der Waals surface area contributed by atoms with Crippen LogP contribution in [0.2, 0.25) is 0 Å². The number of nitrogens with one attached hydrogen (secondary N) is 1. The minimum atomic E-state index is -0.235. The van der Waals surface area contributed by atoms with Crippen LogP contribution in [0.3, 0.4) is 0 Å². The highest BCUT2D eigenvalue weighted by molar-refractivity contribution is 7.99. The lowest BCUT2D eigenvalue weighted by Gasteiger charge is -2.26. The molecule has 0 atom stereocenters. The molecule has 7 heteroatoms. The summed E-state index contributed by atoms with van der Waals surface area (Å²) in [5.41, 5.74) is 4.47. The average Bonchev–Trinajstić information content (AvgIpc) is 3.37. The number of amides is 2. The number of benzene rings is 3. The predicted octanol–water partition coefficient (Wildman–Crippen LogP) is 4.91. The van der Waals surface area contributed by atoms with Crippen molar-refractivity contribution >= 4 is 29.3 Å². The number of thioether (sulfide) groups is 1.